The zero-order chi connectivity index (χ0) is 24.4. The summed E-state index contributed by atoms with van der Waals surface area (Å²) in [6.07, 6.45) is 1.56. The summed E-state index contributed by atoms with van der Waals surface area (Å²) in [5.41, 5.74) is 1.59. The number of nitrogens with zero attached hydrogens (tertiary/aromatic N) is 3. The lowest BCUT2D eigenvalue weighted by Gasteiger charge is -2.15. The number of hydrogen-bond acceptors (Lipinski definition) is 5. The van der Waals surface area contributed by atoms with Crippen molar-refractivity contribution in [1.82, 2.24) is 14.5 Å². The lowest BCUT2D eigenvalue weighted by Crippen LogP contribution is -2.23. The first-order chi connectivity index (χ1) is 16.3. The molecule has 4 rings (SSSR count). The average molecular weight is 520 g/mol. The Morgan fingerprint density at radius 2 is 1.79 bits per heavy atom. The summed E-state index contributed by atoms with van der Waals surface area (Å²) in [6, 6.07) is 17.3. The van der Waals surface area contributed by atoms with Crippen LogP contribution in [0.4, 0.5) is 0 Å². The van der Waals surface area contributed by atoms with Crippen LogP contribution in [0.25, 0.3) is 10.9 Å². The highest BCUT2D eigenvalue weighted by molar-refractivity contribution is 9.10. The van der Waals surface area contributed by atoms with Gasteiger partial charge in [0.1, 0.15) is 10.4 Å². The van der Waals surface area contributed by atoms with Gasteiger partial charge in [-0.2, -0.15) is 0 Å². The number of methoxy groups -OCH3 is 1. The number of ketones is 1. The third-order valence-electron chi connectivity index (χ3n) is 5.44. The van der Waals surface area contributed by atoms with Crippen molar-refractivity contribution in [1.29, 1.82) is 0 Å². The average Bonchev–Trinajstić information content (AvgIpc) is 2.84. The van der Waals surface area contributed by atoms with E-state index >= 15 is 0 Å². The SMILES string of the molecule is COc1ccc(C(=O)c2cn(Cc3cccc(Br)n3)c3ccccc3c2=O)cc1C(=O)N(C)C. The van der Waals surface area contributed by atoms with Crippen LogP contribution in [0.2, 0.25) is 0 Å². The minimum atomic E-state index is -0.470. The summed E-state index contributed by atoms with van der Waals surface area (Å²) in [7, 11) is 4.70. The van der Waals surface area contributed by atoms with Gasteiger partial charge in [-0.05, 0) is 58.4 Å². The molecule has 8 heteroatoms. The first kappa shape index (κ1) is 23.4. The largest absolute Gasteiger partial charge is 0.496 e. The van der Waals surface area contributed by atoms with E-state index in [-0.39, 0.29) is 28.0 Å². The van der Waals surface area contributed by atoms with E-state index in [9.17, 15) is 14.4 Å². The smallest absolute Gasteiger partial charge is 0.257 e. The number of aromatic nitrogens is 2. The van der Waals surface area contributed by atoms with Gasteiger partial charge < -0.3 is 14.2 Å². The Labute approximate surface area is 204 Å². The van der Waals surface area contributed by atoms with E-state index < -0.39 is 5.78 Å². The highest BCUT2D eigenvalue weighted by atomic mass is 79.9. The molecular weight excluding hydrogens is 498 g/mol. The van der Waals surface area contributed by atoms with Gasteiger partial charge in [0.25, 0.3) is 5.91 Å². The summed E-state index contributed by atoms with van der Waals surface area (Å²) < 4.78 is 7.84. The highest BCUT2D eigenvalue weighted by Crippen LogP contribution is 2.23. The van der Waals surface area contributed by atoms with Crippen molar-refractivity contribution >= 4 is 38.5 Å². The zero-order valence-corrected chi connectivity index (χ0v) is 20.5. The Bertz CT molecular complexity index is 1480. The second-order valence-electron chi connectivity index (χ2n) is 7.91. The second-order valence-corrected chi connectivity index (χ2v) is 8.72. The van der Waals surface area contributed by atoms with E-state index in [4.69, 9.17) is 4.74 Å². The van der Waals surface area contributed by atoms with Crippen LogP contribution in [0, 0.1) is 0 Å². The van der Waals surface area contributed by atoms with Crippen LogP contribution in [0.15, 0.2) is 76.3 Å². The molecule has 0 radical (unpaired) electrons. The van der Waals surface area contributed by atoms with Gasteiger partial charge in [-0.3, -0.25) is 14.4 Å². The Balaban J connectivity index is 1.85. The number of benzene rings is 2. The normalized spacial score (nSPS) is 10.8. The second kappa shape index (κ2) is 9.61. The fourth-order valence-electron chi connectivity index (χ4n) is 3.76. The fourth-order valence-corrected chi connectivity index (χ4v) is 4.14. The monoisotopic (exact) mass is 519 g/mol. The number of carbonyl (C=O) groups is 2. The Morgan fingerprint density at radius 3 is 2.50 bits per heavy atom. The van der Waals surface area contributed by atoms with Crippen molar-refractivity contribution in [2.24, 2.45) is 0 Å². The number of hydrogen-bond donors (Lipinski definition) is 0. The molecule has 0 N–H and O–H groups in total. The molecule has 2 heterocycles. The molecule has 0 aliphatic carbocycles. The lowest BCUT2D eigenvalue weighted by atomic mass is 9.99. The maximum atomic E-state index is 13.5. The lowest BCUT2D eigenvalue weighted by molar-refractivity contribution is 0.0824. The van der Waals surface area contributed by atoms with Crippen molar-refractivity contribution in [2.75, 3.05) is 21.2 Å². The number of carbonyl (C=O) groups excluding carboxylic acids is 2. The van der Waals surface area contributed by atoms with Crippen molar-refractivity contribution in [3.63, 3.8) is 0 Å². The molecule has 0 aliphatic heterocycles. The molecule has 0 bridgehead atoms. The number of halogens is 1. The van der Waals surface area contributed by atoms with Crippen LogP contribution >= 0.6 is 15.9 Å². The maximum absolute atomic E-state index is 13.5. The van der Waals surface area contributed by atoms with E-state index in [1.807, 2.05) is 34.9 Å². The summed E-state index contributed by atoms with van der Waals surface area (Å²) in [6.45, 7) is 0.369. The molecule has 0 saturated carbocycles. The quantitative estimate of drug-likeness (QED) is 0.282. The number of rotatable bonds is 6. The predicted octanol–water partition coefficient (Wildman–Crippen LogP) is 4.15. The van der Waals surface area contributed by atoms with Crippen LogP contribution < -0.4 is 10.2 Å². The third-order valence-corrected chi connectivity index (χ3v) is 5.88. The maximum Gasteiger partial charge on any atom is 0.257 e. The van der Waals surface area contributed by atoms with Crippen molar-refractivity contribution < 1.29 is 14.3 Å². The van der Waals surface area contributed by atoms with E-state index in [1.165, 1.54) is 18.1 Å². The first-order valence-corrected chi connectivity index (χ1v) is 11.3. The van der Waals surface area contributed by atoms with Gasteiger partial charge in [0, 0.05) is 31.2 Å². The molecule has 34 heavy (non-hydrogen) atoms. The number of fused-ring (bicyclic) bond motifs is 1. The Hall–Kier alpha value is -3.78. The van der Waals surface area contributed by atoms with Gasteiger partial charge in [-0.1, -0.05) is 18.2 Å². The topological polar surface area (TPSA) is 81.5 Å². The Kier molecular flexibility index (Phi) is 6.61. The number of para-hydroxylation sites is 1. The molecule has 0 aliphatic rings. The zero-order valence-electron chi connectivity index (χ0n) is 18.9. The van der Waals surface area contributed by atoms with Gasteiger partial charge in [0.15, 0.2) is 5.78 Å². The van der Waals surface area contributed by atoms with Crippen LogP contribution in [-0.4, -0.2) is 47.3 Å². The summed E-state index contributed by atoms with van der Waals surface area (Å²) in [5.74, 6) is -0.419. The summed E-state index contributed by atoms with van der Waals surface area (Å²) >= 11 is 3.38. The standard InChI is InChI=1S/C26H22BrN3O4/c1-29(2)26(33)19-13-16(11-12-22(19)34-3)24(31)20-15-30(14-17-7-6-10-23(27)28-17)21-9-5-4-8-18(21)25(20)32/h4-13,15H,14H2,1-3H3. The molecule has 1 amide bonds. The molecule has 0 spiro atoms. The van der Waals surface area contributed by atoms with Crippen LogP contribution in [0.5, 0.6) is 5.75 Å². The van der Waals surface area contributed by atoms with Gasteiger partial charge in [0.2, 0.25) is 5.43 Å². The predicted molar refractivity (Wildman–Crippen MR) is 134 cm³/mol. The molecule has 0 saturated heterocycles. The summed E-state index contributed by atoms with van der Waals surface area (Å²) in [5, 5.41) is 0.432. The van der Waals surface area contributed by atoms with Gasteiger partial charge >= 0.3 is 0 Å². The van der Waals surface area contributed by atoms with E-state index in [1.54, 1.807) is 44.6 Å². The molecule has 2 aromatic heterocycles. The third kappa shape index (κ3) is 4.49. The number of ether oxygens (including phenoxy) is 1. The highest BCUT2D eigenvalue weighted by Gasteiger charge is 2.21. The van der Waals surface area contributed by atoms with Crippen molar-refractivity contribution in [3.8, 4) is 5.75 Å². The van der Waals surface area contributed by atoms with Crippen LogP contribution in [-0.2, 0) is 6.54 Å². The minimum Gasteiger partial charge on any atom is -0.496 e. The molecule has 172 valence electrons. The van der Waals surface area contributed by atoms with Gasteiger partial charge in [0.05, 0.1) is 36.0 Å². The molecule has 0 unspecified atom stereocenters. The van der Waals surface area contributed by atoms with E-state index in [0.717, 1.165) is 5.69 Å². The van der Waals surface area contributed by atoms with Crippen molar-refractivity contribution in [2.45, 2.75) is 6.54 Å². The van der Waals surface area contributed by atoms with E-state index in [0.29, 0.717) is 27.8 Å². The van der Waals surface area contributed by atoms with Gasteiger partial charge in [-0.15, -0.1) is 0 Å². The molecule has 7 nitrogen and oxygen atoms in total. The number of pyridine rings is 2. The minimum absolute atomic E-state index is 0.0158. The number of amides is 1. The first-order valence-electron chi connectivity index (χ1n) is 10.5. The molecule has 0 fully saturated rings. The van der Waals surface area contributed by atoms with Crippen LogP contribution in [0.1, 0.15) is 32.0 Å². The fraction of sp³-hybridized carbons (Fsp3) is 0.154. The van der Waals surface area contributed by atoms with Gasteiger partial charge in [-0.25, -0.2) is 4.98 Å². The van der Waals surface area contributed by atoms with E-state index in [2.05, 4.69) is 20.9 Å². The molecule has 2 aromatic carbocycles. The molecular formula is C26H22BrN3O4. The molecule has 4 aromatic rings. The van der Waals surface area contributed by atoms with Crippen molar-refractivity contribution in [3.05, 3.63) is 104 Å². The summed E-state index contributed by atoms with van der Waals surface area (Å²) in [4.78, 5) is 45.3. The van der Waals surface area contributed by atoms with Crippen LogP contribution in [0.3, 0.4) is 0 Å². The molecule has 0 atom stereocenters. The Morgan fingerprint density at radius 1 is 1.03 bits per heavy atom.